The average molecular weight is 361 g/mol. The molecule has 0 heterocycles. The van der Waals surface area contributed by atoms with Crippen LogP contribution in [0.2, 0.25) is 0 Å². The van der Waals surface area contributed by atoms with Gasteiger partial charge in [0, 0.05) is 16.7 Å². The Morgan fingerprint density at radius 1 is 0.926 bits per heavy atom. The fraction of sp³-hybridized carbons (Fsp3) is 0.174. The number of hydrogen-bond acceptors (Lipinski definition) is 3. The molecule has 0 fully saturated rings. The van der Waals surface area contributed by atoms with Gasteiger partial charge in [0.05, 0.1) is 13.2 Å². The molecule has 0 aliphatic heterocycles. The van der Waals surface area contributed by atoms with E-state index >= 15 is 0 Å². The summed E-state index contributed by atoms with van der Waals surface area (Å²) >= 11 is 0. The molecule has 0 aromatic heterocycles. The highest BCUT2D eigenvalue weighted by Crippen LogP contribution is 2.25. The maximum atomic E-state index is 12.9. The summed E-state index contributed by atoms with van der Waals surface area (Å²) in [5.41, 5.74) is 2.38. The minimum absolute atomic E-state index is 0.138. The Hall–Kier alpha value is -3.27. The van der Waals surface area contributed by atoms with Crippen LogP contribution in [0.4, 0.5) is 0 Å². The molecule has 1 amide bonds. The van der Waals surface area contributed by atoms with Gasteiger partial charge in [-0.3, -0.25) is 4.79 Å². The molecule has 0 unspecified atom stereocenters. The Morgan fingerprint density at radius 3 is 2.37 bits per heavy atom. The summed E-state index contributed by atoms with van der Waals surface area (Å²) in [6, 6.07) is 24.6. The maximum Gasteiger partial charge on any atom is 0.252 e. The fourth-order valence-corrected chi connectivity index (χ4v) is 2.92. The van der Waals surface area contributed by atoms with Gasteiger partial charge < -0.3 is 14.8 Å². The van der Waals surface area contributed by atoms with E-state index in [1.807, 2.05) is 85.8 Å². The zero-order chi connectivity index (χ0) is 19.1. The summed E-state index contributed by atoms with van der Waals surface area (Å²) in [4.78, 5) is 12.9. The van der Waals surface area contributed by atoms with Crippen LogP contribution < -0.4 is 14.8 Å². The molecule has 27 heavy (non-hydrogen) atoms. The molecule has 1 N–H and O–H groups in total. The van der Waals surface area contributed by atoms with Crippen LogP contribution in [-0.2, 0) is 6.61 Å². The van der Waals surface area contributed by atoms with Crippen LogP contribution in [0.15, 0.2) is 78.9 Å². The van der Waals surface area contributed by atoms with Crippen LogP contribution in [0.25, 0.3) is 0 Å². The Balaban J connectivity index is 1.73. The lowest BCUT2D eigenvalue weighted by atomic mass is 10.0. The molecular weight excluding hydrogens is 338 g/mol. The lowest BCUT2D eigenvalue weighted by molar-refractivity contribution is 0.0937. The standard InChI is InChI=1S/C23H23NO3/c1-17(20-13-8-9-15-22(20)26-2)24-23(25)21-14-7-6-10-18(21)16-27-19-11-4-3-5-12-19/h3-15,17H,16H2,1-2H3,(H,24,25)/t17-/m0/s1. The molecule has 4 nitrogen and oxygen atoms in total. The summed E-state index contributed by atoms with van der Waals surface area (Å²) in [7, 11) is 1.63. The summed E-state index contributed by atoms with van der Waals surface area (Å²) < 4.78 is 11.2. The predicted molar refractivity (Wildman–Crippen MR) is 106 cm³/mol. The van der Waals surface area contributed by atoms with Gasteiger partial charge in [0.15, 0.2) is 0 Å². The molecule has 0 radical (unpaired) electrons. The molecule has 3 aromatic rings. The van der Waals surface area contributed by atoms with E-state index in [1.165, 1.54) is 0 Å². The molecule has 0 aliphatic rings. The number of benzene rings is 3. The SMILES string of the molecule is COc1ccccc1[C@H](C)NC(=O)c1ccccc1COc1ccccc1. The van der Waals surface area contributed by atoms with Crippen LogP contribution in [0.5, 0.6) is 11.5 Å². The van der Waals surface area contributed by atoms with E-state index in [2.05, 4.69) is 5.32 Å². The van der Waals surface area contributed by atoms with Crippen molar-refractivity contribution in [3.05, 3.63) is 95.6 Å². The van der Waals surface area contributed by atoms with Crippen molar-refractivity contribution in [3.63, 3.8) is 0 Å². The number of rotatable bonds is 7. The van der Waals surface area contributed by atoms with Gasteiger partial charge in [-0.15, -0.1) is 0 Å². The van der Waals surface area contributed by atoms with E-state index in [0.29, 0.717) is 12.2 Å². The van der Waals surface area contributed by atoms with Crippen LogP contribution in [-0.4, -0.2) is 13.0 Å². The van der Waals surface area contributed by atoms with Gasteiger partial charge in [0.1, 0.15) is 18.1 Å². The van der Waals surface area contributed by atoms with Crippen LogP contribution >= 0.6 is 0 Å². The van der Waals surface area contributed by atoms with Crippen molar-refractivity contribution >= 4 is 5.91 Å². The van der Waals surface area contributed by atoms with Crippen molar-refractivity contribution in [1.82, 2.24) is 5.32 Å². The van der Waals surface area contributed by atoms with Crippen LogP contribution in [0.3, 0.4) is 0 Å². The van der Waals surface area contributed by atoms with Crippen molar-refractivity contribution in [2.24, 2.45) is 0 Å². The van der Waals surface area contributed by atoms with E-state index in [4.69, 9.17) is 9.47 Å². The fourth-order valence-electron chi connectivity index (χ4n) is 2.92. The number of methoxy groups -OCH3 is 1. The van der Waals surface area contributed by atoms with Gasteiger partial charge in [-0.05, 0) is 31.2 Å². The Labute approximate surface area is 159 Å². The molecule has 1 atom stereocenters. The van der Waals surface area contributed by atoms with Gasteiger partial charge in [-0.2, -0.15) is 0 Å². The van der Waals surface area contributed by atoms with Crippen molar-refractivity contribution in [2.45, 2.75) is 19.6 Å². The first-order chi connectivity index (χ1) is 13.2. The van der Waals surface area contributed by atoms with E-state index in [-0.39, 0.29) is 11.9 Å². The van der Waals surface area contributed by atoms with Crippen molar-refractivity contribution in [3.8, 4) is 11.5 Å². The molecule has 0 saturated heterocycles. The molecule has 0 bridgehead atoms. The predicted octanol–water partition coefficient (Wildman–Crippen LogP) is 4.77. The topological polar surface area (TPSA) is 47.6 Å². The number of ether oxygens (including phenoxy) is 2. The third-order valence-corrected chi connectivity index (χ3v) is 4.35. The molecule has 0 spiro atoms. The summed E-state index contributed by atoms with van der Waals surface area (Å²) in [6.45, 7) is 2.27. The number of carbonyl (C=O) groups is 1. The minimum Gasteiger partial charge on any atom is -0.496 e. The highest BCUT2D eigenvalue weighted by molar-refractivity contribution is 5.95. The van der Waals surface area contributed by atoms with Gasteiger partial charge in [0.2, 0.25) is 0 Å². The molecule has 0 aliphatic carbocycles. The molecule has 4 heteroatoms. The van der Waals surface area contributed by atoms with Gasteiger partial charge in [0.25, 0.3) is 5.91 Å². The molecule has 3 rings (SSSR count). The highest BCUT2D eigenvalue weighted by Gasteiger charge is 2.17. The van der Waals surface area contributed by atoms with Gasteiger partial charge in [-0.25, -0.2) is 0 Å². The Morgan fingerprint density at radius 2 is 1.59 bits per heavy atom. The lowest BCUT2D eigenvalue weighted by Gasteiger charge is -2.18. The Kier molecular flexibility index (Phi) is 6.10. The lowest BCUT2D eigenvalue weighted by Crippen LogP contribution is -2.28. The largest absolute Gasteiger partial charge is 0.496 e. The molecule has 3 aromatic carbocycles. The van der Waals surface area contributed by atoms with Crippen molar-refractivity contribution in [1.29, 1.82) is 0 Å². The van der Waals surface area contributed by atoms with Crippen molar-refractivity contribution < 1.29 is 14.3 Å². The first kappa shape index (κ1) is 18.5. The van der Waals surface area contributed by atoms with E-state index in [9.17, 15) is 4.79 Å². The number of carbonyl (C=O) groups excluding carboxylic acids is 1. The van der Waals surface area contributed by atoms with E-state index in [1.54, 1.807) is 7.11 Å². The number of para-hydroxylation sites is 2. The van der Waals surface area contributed by atoms with Crippen LogP contribution in [0, 0.1) is 0 Å². The minimum atomic E-state index is -0.184. The van der Waals surface area contributed by atoms with Gasteiger partial charge >= 0.3 is 0 Å². The third kappa shape index (κ3) is 4.67. The van der Waals surface area contributed by atoms with E-state index in [0.717, 1.165) is 22.6 Å². The highest BCUT2D eigenvalue weighted by atomic mass is 16.5. The second-order valence-electron chi connectivity index (χ2n) is 6.20. The first-order valence-corrected chi connectivity index (χ1v) is 8.88. The maximum absolute atomic E-state index is 12.9. The van der Waals surface area contributed by atoms with E-state index < -0.39 is 0 Å². The summed E-state index contributed by atoms with van der Waals surface area (Å²) in [6.07, 6.45) is 0. The number of hydrogen-bond donors (Lipinski definition) is 1. The summed E-state index contributed by atoms with van der Waals surface area (Å²) in [5.74, 6) is 1.39. The second-order valence-corrected chi connectivity index (χ2v) is 6.20. The number of amides is 1. The first-order valence-electron chi connectivity index (χ1n) is 8.88. The second kappa shape index (κ2) is 8.90. The normalized spacial score (nSPS) is 11.5. The molecular formula is C23H23NO3. The number of nitrogens with one attached hydrogen (secondary N) is 1. The van der Waals surface area contributed by atoms with Crippen molar-refractivity contribution in [2.75, 3.05) is 7.11 Å². The zero-order valence-electron chi connectivity index (χ0n) is 15.5. The monoisotopic (exact) mass is 361 g/mol. The molecule has 138 valence electrons. The van der Waals surface area contributed by atoms with Gasteiger partial charge in [-0.1, -0.05) is 54.6 Å². The van der Waals surface area contributed by atoms with Crippen LogP contribution in [0.1, 0.15) is 34.5 Å². The zero-order valence-corrected chi connectivity index (χ0v) is 15.5. The summed E-state index contributed by atoms with van der Waals surface area (Å²) in [5, 5.41) is 3.05. The smallest absolute Gasteiger partial charge is 0.252 e. The quantitative estimate of drug-likeness (QED) is 0.660. The third-order valence-electron chi connectivity index (χ3n) is 4.35. The molecule has 0 saturated carbocycles. The average Bonchev–Trinajstić information content (AvgIpc) is 2.73. The Bertz CT molecular complexity index is 893.